The first-order valence-electron chi connectivity index (χ1n) is 9.29. The van der Waals surface area contributed by atoms with Crippen LogP contribution in [0.2, 0.25) is 0 Å². The molecule has 0 bridgehead atoms. The van der Waals surface area contributed by atoms with Crippen molar-refractivity contribution < 1.29 is 13.2 Å². The number of H-pyrrole nitrogens is 1. The average Bonchev–Trinajstić information content (AvgIpc) is 3.25. The highest BCUT2D eigenvalue weighted by Gasteiger charge is 2.48. The standard InChI is InChI=1S/C20H21F3N4O/c1-4-14-15-17(24-11(2)25-18(15)28)27(26-14)16(19(3)9-10-19)12-5-7-13(8-6-12)20(21,22)23/h5-8,16H,4,9-10H2,1-3H3,(H,24,25,28). The Morgan fingerprint density at radius 2 is 1.89 bits per heavy atom. The zero-order valence-electron chi connectivity index (χ0n) is 15.9. The number of aromatic nitrogens is 4. The van der Waals surface area contributed by atoms with Gasteiger partial charge >= 0.3 is 6.18 Å². The summed E-state index contributed by atoms with van der Waals surface area (Å²) in [6.45, 7) is 5.71. The first-order chi connectivity index (χ1) is 13.1. The Balaban J connectivity index is 1.92. The van der Waals surface area contributed by atoms with Gasteiger partial charge in [0.05, 0.1) is 17.3 Å². The van der Waals surface area contributed by atoms with Crippen LogP contribution in [0, 0.1) is 12.3 Å². The van der Waals surface area contributed by atoms with Gasteiger partial charge in [0.25, 0.3) is 5.56 Å². The maximum atomic E-state index is 13.0. The molecular weight excluding hydrogens is 369 g/mol. The Kier molecular flexibility index (Phi) is 4.13. The summed E-state index contributed by atoms with van der Waals surface area (Å²) in [6.07, 6.45) is -1.95. The van der Waals surface area contributed by atoms with Crippen molar-refractivity contribution in [2.75, 3.05) is 0 Å². The minimum absolute atomic E-state index is 0.137. The number of aryl methyl sites for hydroxylation is 2. The van der Waals surface area contributed by atoms with E-state index >= 15 is 0 Å². The molecule has 3 aromatic rings. The van der Waals surface area contributed by atoms with Crippen molar-refractivity contribution >= 4 is 11.0 Å². The monoisotopic (exact) mass is 390 g/mol. The van der Waals surface area contributed by atoms with Gasteiger partial charge in [0.1, 0.15) is 11.2 Å². The van der Waals surface area contributed by atoms with Crippen molar-refractivity contribution in [1.29, 1.82) is 0 Å². The fourth-order valence-corrected chi connectivity index (χ4v) is 3.82. The van der Waals surface area contributed by atoms with E-state index < -0.39 is 11.7 Å². The van der Waals surface area contributed by atoms with Crippen LogP contribution >= 0.6 is 0 Å². The zero-order chi connectivity index (χ0) is 20.3. The third-order valence-corrected chi connectivity index (χ3v) is 5.58. The fraction of sp³-hybridized carbons (Fsp3) is 0.450. The molecule has 5 nitrogen and oxygen atoms in total. The van der Waals surface area contributed by atoms with Crippen LogP contribution in [0.4, 0.5) is 13.2 Å². The van der Waals surface area contributed by atoms with Crippen LogP contribution in [0.15, 0.2) is 29.1 Å². The first kappa shape index (κ1) is 18.7. The molecule has 0 amide bonds. The molecule has 0 spiro atoms. The number of nitrogens with one attached hydrogen (secondary N) is 1. The largest absolute Gasteiger partial charge is 0.416 e. The second kappa shape index (κ2) is 6.18. The summed E-state index contributed by atoms with van der Waals surface area (Å²) in [5, 5.41) is 5.13. The second-order valence-electron chi connectivity index (χ2n) is 7.77. The summed E-state index contributed by atoms with van der Waals surface area (Å²) in [5.74, 6) is 0.480. The molecule has 1 atom stereocenters. The van der Waals surface area contributed by atoms with Gasteiger partial charge in [-0.3, -0.25) is 4.79 Å². The number of nitrogens with zero attached hydrogens (tertiary/aromatic N) is 3. The van der Waals surface area contributed by atoms with Crippen molar-refractivity contribution in [3.63, 3.8) is 0 Å². The van der Waals surface area contributed by atoms with Crippen molar-refractivity contribution in [2.45, 2.75) is 52.3 Å². The highest BCUT2D eigenvalue weighted by molar-refractivity contribution is 5.77. The molecule has 1 aliphatic rings. The first-order valence-corrected chi connectivity index (χ1v) is 9.29. The van der Waals surface area contributed by atoms with Crippen molar-refractivity contribution in [1.82, 2.24) is 19.7 Å². The summed E-state index contributed by atoms with van der Waals surface area (Å²) >= 11 is 0. The van der Waals surface area contributed by atoms with Gasteiger partial charge in [0.15, 0.2) is 5.65 Å². The maximum absolute atomic E-state index is 13.0. The number of benzene rings is 1. The van der Waals surface area contributed by atoms with E-state index in [9.17, 15) is 18.0 Å². The molecule has 1 saturated carbocycles. The van der Waals surface area contributed by atoms with E-state index in [-0.39, 0.29) is 17.0 Å². The Labute approximate surface area is 159 Å². The van der Waals surface area contributed by atoms with E-state index in [1.807, 2.05) is 6.92 Å². The molecule has 0 aliphatic heterocycles. The van der Waals surface area contributed by atoms with Crippen LogP contribution in [0.25, 0.3) is 11.0 Å². The average molecular weight is 390 g/mol. The van der Waals surface area contributed by atoms with Gasteiger partial charge in [0, 0.05) is 0 Å². The quantitative estimate of drug-likeness (QED) is 0.718. The number of aromatic amines is 1. The Bertz CT molecular complexity index is 1090. The predicted octanol–water partition coefficient (Wildman–Crippen LogP) is 4.40. The van der Waals surface area contributed by atoms with Gasteiger partial charge in [-0.25, -0.2) is 9.67 Å². The van der Waals surface area contributed by atoms with Crippen molar-refractivity contribution in [3.8, 4) is 0 Å². The molecule has 148 valence electrons. The van der Waals surface area contributed by atoms with Crippen LogP contribution < -0.4 is 5.56 Å². The normalized spacial score (nSPS) is 17.1. The molecule has 1 aliphatic carbocycles. The van der Waals surface area contributed by atoms with Crippen molar-refractivity contribution in [2.24, 2.45) is 5.41 Å². The lowest BCUT2D eigenvalue weighted by Gasteiger charge is -2.25. The Morgan fingerprint density at radius 3 is 2.43 bits per heavy atom. The lowest BCUT2D eigenvalue weighted by molar-refractivity contribution is -0.137. The van der Waals surface area contributed by atoms with E-state index in [0.29, 0.717) is 29.0 Å². The lowest BCUT2D eigenvalue weighted by atomic mass is 9.91. The van der Waals surface area contributed by atoms with Crippen LogP contribution in [0.3, 0.4) is 0 Å². The van der Waals surface area contributed by atoms with Crippen LogP contribution in [0.5, 0.6) is 0 Å². The zero-order valence-corrected chi connectivity index (χ0v) is 15.9. The molecule has 1 N–H and O–H groups in total. The molecule has 0 radical (unpaired) electrons. The molecule has 4 rings (SSSR count). The van der Waals surface area contributed by atoms with E-state index in [0.717, 1.165) is 30.5 Å². The SMILES string of the molecule is CCc1nn(C(c2ccc(C(F)(F)F)cc2)C2(C)CC2)c2nc(C)[nH]c(=O)c12. The topological polar surface area (TPSA) is 63.6 Å². The summed E-state index contributed by atoms with van der Waals surface area (Å²) in [5.41, 5.74) is 0.807. The molecule has 8 heteroatoms. The van der Waals surface area contributed by atoms with Gasteiger partial charge in [-0.15, -0.1) is 0 Å². The van der Waals surface area contributed by atoms with E-state index in [1.54, 1.807) is 11.6 Å². The maximum Gasteiger partial charge on any atom is 0.416 e. The molecule has 1 fully saturated rings. The highest BCUT2D eigenvalue weighted by atomic mass is 19.4. The predicted molar refractivity (Wildman–Crippen MR) is 99.2 cm³/mol. The fourth-order valence-electron chi connectivity index (χ4n) is 3.82. The molecule has 0 saturated heterocycles. The van der Waals surface area contributed by atoms with Crippen LogP contribution in [0.1, 0.15) is 55.4 Å². The third-order valence-electron chi connectivity index (χ3n) is 5.58. The highest BCUT2D eigenvalue weighted by Crippen LogP contribution is 2.56. The lowest BCUT2D eigenvalue weighted by Crippen LogP contribution is -2.22. The number of fused-ring (bicyclic) bond motifs is 1. The minimum Gasteiger partial charge on any atom is -0.310 e. The molecule has 1 unspecified atom stereocenters. The third kappa shape index (κ3) is 3.00. The Hall–Kier alpha value is -2.64. The summed E-state index contributed by atoms with van der Waals surface area (Å²) in [4.78, 5) is 19.7. The summed E-state index contributed by atoms with van der Waals surface area (Å²) in [7, 11) is 0. The number of halogens is 3. The molecule has 2 aromatic heterocycles. The van der Waals surface area contributed by atoms with E-state index in [4.69, 9.17) is 0 Å². The van der Waals surface area contributed by atoms with Gasteiger partial charge in [-0.05, 0) is 49.3 Å². The number of hydrogen-bond acceptors (Lipinski definition) is 3. The summed E-state index contributed by atoms with van der Waals surface area (Å²) in [6, 6.07) is 4.94. The van der Waals surface area contributed by atoms with Gasteiger partial charge in [-0.2, -0.15) is 18.3 Å². The molecule has 28 heavy (non-hydrogen) atoms. The summed E-state index contributed by atoms with van der Waals surface area (Å²) < 4.78 is 40.7. The van der Waals surface area contributed by atoms with E-state index in [1.165, 1.54) is 12.1 Å². The Morgan fingerprint density at radius 1 is 1.25 bits per heavy atom. The minimum atomic E-state index is -4.38. The smallest absolute Gasteiger partial charge is 0.310 e. The van der Waals surface area contributed by atoms with Gasteiger partial charge < -0.3 is 4.98 Å². The number of alkyl halides is 3. The van der Waals surface area contributed by atoms with Gasteiger partial charge in [0.2, 0.25) is 0 Å². The number of rotatable bonds is 4. The van der Waals surface area contributed by atoms with Crippen LogP contribution in [-0.2, 0) is 12.6 Å². The van der Waals surface area contributed by atoms with Crippen molar-refractivity contribution in [3.05, 3.63) is 57.3 Å². The number of hydrogen-bond donors (Lipinski definition) is 1. The van der Waals surface area contributed by atoms with Crippen LogP contribution in [-0.4, -0.2) is 19.7 Å². The molecular formula is C20H21F3N4O. The second-order valence-corrected chi connectivity index (χ2v) is 7.77. The van der Waals surface area contributed by atoms with Gasteiger partial charge in [-0.1, -0.05) is 26.0 Å². The molecule has 1 aromatic carbocycles. The van der Waals surface area contributed by atoms with E-state index in [2.05, 4.69) is 22.0 Å². The molecule has 2 heterocycles.